The fourth-order valence-electron chi connectivity index (χ4n) is 2.21. The minimum absolute atomic E-state index is 0.100. The second-order valence-corrected chi connectivity index (χ2v) is 6.57. The van der Waals surface area contributed by atoms with Crippen LogP contribution in [-0.4, -0.2) is 30.8 Å². The number of aryl methyl sites for hydroxylation is 1. The zero-order chi connectivity index (χ0) is 18.9. The Labute approximate surface area is 160 Å². The molecule has 3 N–H and O–H groups in total. The molecule has 0 spiro atoms. The Bertz CT molecular complexity index is 794. The minimum Gasteiger partial charge on any atom is -0.352 e. The molecule has 0 bridgehead atoms. The average Bonchev–Trinajstić information content (AvgIpc) is 2.63. The van der Waals surface area contributed by atoms with Crippen molar-refractivity contribution < 1.29 is 14.4 Å². The second kappa shape index (κ2) is 9.72. The van der Waals surface area contributed by atoms with Gasteiger partial charge in [-0.1, -0.05) is 34.1 Å². The predicted octanol–water partition coefficient (Wildman–Crippen LogP) is 2.63. The molecule has 136 valence electrons. The van der Waals surface area contributed by atoms with Gasteiger partial charge in [-0.15, -0.1) is 0 Å². The van der Waals surface area contributed by atoms with Gasteiger partial charge < -0.3 is 16.0 Å². The van der Waals surface area contributed by atoms with Gasteiger partial charge >= 0.3 is 0 Å². The van der Waals surface area contributed by atoms with Crippen LogP contribution >= 0.6 is 15.9 Å². The highest BCUT2D eigenvalue weighted by atomic mass is 79.9. The summed E-state index contributed by atoms with van der Waals surface area (Å²) in [5, 5.41) is 7.95. The van der Waals surface area contributed by atoms with E-state index in [1.165, 1.54) is 0 Å². The molecule has 0 unspecified atom stereocenters. The van der Waals surface area contributed by atoms with Crippen molar-refractivity contribution in [3.63, 3.8) is 0 Å². The van der Waals surface area contributed by atoms with Crippen molar-refractivity contribution in [2.75, 3.05) is 18.4 Å². The van der Waals surface area contributed by atoms with Crippen molar-refractivity contribution in [3.05, 3.63) is 64.1 Å². The highest BCUT2D eigenvalue weighted by Gasteiger charge is 2.09. The van der Waals surface area contributed by atoms with E-state index in [4.69, 9.17) is 0 Å². The van der Waals surface area contributed by atoms with Crippen LogP contribution in [0.2, 0.25) is 0 Å². The van der Waals surface area contributed by atoms with E-state index in [0.717, 1.165) is 10.0 Å². The summed E-state index contributed by atoms with van der Waals surface area (Å²) in [5.41, 5.74) is 2.16. The summed E-state index contributed by atoms with van der Waals surface area (Å²) in [4.78, 5) is 35.5. The Morgan fingerprint density at radius 2 is 1.69 bits per heavy atom. The van der Waals surface area contributed by atoms with Crippen LogP contribution in [0.5, 0.6) is 0 Å². The summed E-state index contributed by atoms with van der Waals surface area (Å²) in [6, 6.07) is 14.3. The van der Waals surface area contributed by atoms with Gasteiger partial charge in [-0.3, -0.25) is 14.4 Å². The average molecular weight is 418 g/mol. The van der Waals surface area contributed by atoms with Gasteiger partial charge in [0.25, 0.3) is 5.91 Å². The molecule has 0 saturated carbocycles. The van der Waals surface area contributed by atoms with Crippen LogP contribution in [0.1, 0.15) is 22.3 Å². The zero-order valence-corrected chi connectivity index (χ0v) is 15.9. The first-order valence-corrected chi connectivity index (χ1v) is 8.91. The summed E-state index contributed by atoms with van der Waals surface area (Å²) in [7, 11) is 0. The molecule has 2 aromatic rings. The smallest absolute Gasteiger partial charge is 0.251 e. The summed E-state index contributed by atoms with van der Waals surface area (Å²) in [5.74, 6) is -0.847. The number of rotatable bonds is 7. The Hall–Kier alpha value is -2.67. The van der Waals surface area contributed by atoms with Gasteiger partial charge in [-0.25, -0.2) is 0 Å². The van der Waals surface area contributed by atoms with Gasteiger partial charge in [0, 0.05) is 28.7 Å². The van der Waals surface area contributed by atoms with E-state index in [1.807, 2.05) is 25.1 Å². The van der Waals surface area contributed by atoms with Crippen molar-refractivity contribution in [1.82, 2.24) is 10.6 Å². The third kappa shape index (κ3) is 6.33. The van der Waals surface area contributed by atoms with E-state index < -0.39 is 0 Å². The van der Waals surface area contributed by atoms with E-state index in [2.05, 4.69) is 31.9 Å². The monoisotopic (exact) mass is 417 g/mol. The Morgan fingerprint density at radius 1 is 0.962 bits per heavy atom. The summed E-state index contributed by atoms with van der Waals surface area (Å²) in [6.07, 6.45) is 0.100. The molecular formula is C19H20BrN3O3. The summed E-state index contributed by atoms with van der Waals surface area (Å²) >= 11 is 3.36. The lowest BCUT2D eigenvalue weighted by atomic mass is 10.2. The molecule has 2 rings (SSSR count). The maximum atomic E-state index is 11.9. The number of hydrogen-bond acceptors (Lipinski definition) is 3. The molecule has 0 heterocycles. The predicted molar refractivity (Wildman–Crippen MR) is 104 cm³/mol. The highest BCUT2D eigenvalue weighted by Crippen LogP contribution is 2.19. The minimum atomic E-state index is -0.308. The third-order valence-electron chi connectivity index (χ3n) is 3.58. The van der Waals surface area contributed by atoms with Gasteiger partial charge in [0.05, 0.1) is 6.54 Å². The maximum absolute atomic E-state index is 11.9. The molecule has 0 atom stereocenters. The Balaban J connectivity index is 1.68. The largest absolute Gasteiger partial charge is 0.352 e. The number of carbonyl (C=O) groups is 3. The van der Waals surface area contributed by atoms with E-state index in [-0.39, 0.29) is 37.2 Å². The number of benzene rings is 2. The zero-order valence-electron chi connectivity index (χ0n) is 14.3. The quantitative estimate of drug-likeness (QED) is 0.646. The first-order chi connectivity index (χ1) is 12.5. The summed E-state index contributed by atoms with van der Waals surface area (Å²) < 4.78 is 0.929. The van der Waals surface area contributed by atoms with Crippen LogP contribution in [0, 0.1) is 6.92 Å². The first-order valence-electron chi connectivity index (χ1n) is 8.11. The van der Waals surface area contributed by atoms with Gasteiger partial charge in [-0.2, -0.15) is 0 Å². The van der Waals surface area contributed by atoms with Crippen LogP contribution in [0.3, 0.4) is 0 Å². The van der Waals surface area contributed by atoms with Crippen molar-refractivity contribution in [1.29, 1.82) is 0 Å². The molecule has 2 aromatic carbocycles. The number of halogens is 1. The summed E-state index contributed by atoms with van der Waals surface area (Å²) in [6.45, 7) is 1.96. The number of nitrogens with one attached hydrogen (secondary N) is 3. The fraction of sp³-hybridized carbons (Fsp3) is 0.211. The molecule has 6 nitrogen and oxygen atoms in total. The Morgan fingerprint density at radius 3 is 2.38 bits per heavy atom. The van der Waals surface area contributed by atoms with E-state index >= 15 is 0 Å². The lowest BCUT2D eigenvalue weighted by molar-refractivity contribution is -0.124. The number of anilines is 1. The van der Waals surface area contributed by atoms with Crippen LogP contribution < -0.4 is 16.0 Å². The number of carbonyl (C=O) groups excluding carboxylic acids is 3. The molecule has 0 aliphatic rings. The molecule has 3 amide bonds. The van der Waals surface area contributed by atoms with Crippen molar-refractivity contribution >= 4 is 39.3 Å². The van der Waals surface area contributed by atoms with Crippen molar-refractivity contribution in [3.8, 4) is 0 Å². The van der Waals surface area contributed by atoms with E-state index in [1.54, 1.807) is 30.3 Å². The molecule has 0 aromatic heterocycles. The van der Waals surface area contributed by atoms with E-state index in [0.29, 0.717) is 11.3 Å². The standard InChI is InChI=1S/C19H20BrN3O3/c1-13-11-15(20)7-8-16(13)23-18(25)12-22-17(24)9-10-21-19(26)14-5-3-2-4-6-14/h2-8,11H,9-10,12H2,1H3,(H,21,26)(H,22,24)(H,23,25). The number of hydrogen-bond donors (Lipinski definition) is 3. The SMILES string of the molecule is Cc1cc(Br)ccc1NC(=O)CNC(=O)CCNC(=O)c1ccccc1. The molecule has 26 heavy (non-hydrogen) atoms. The molecule has 0 aliphatic heterocycles. The Kier molecular flexibility index (Phi) is 7.35. The van der Waals surface area contributed by atoms with Gasteiger partial charge in [0.15, 0.2) is 0 Å². The van der Waals surface area contributed by atoms with Crippen LogP contribution in [0.15, 0.2) is 53.0 Å². The normalized spacial score (nSPS) is 10.1. The lowest BCUT2D eigenvalue weighted by Gasteiger charge is -2.10. The van der Waals surface area contributed by atoms with Gasteiger partial charge in [0.2, 0.25) is 11.8 Å². The molecule has 7 heteroatoms. The maximum Gasteiger partial charge on any atom is 0.251 e. The molecular weight excluding hydrogens is 398 g/mol. The second-order valence-electron chi connectivity index (χ2n) is 5.66. The lowest BCUT2D eigenvalue weighted by Crippen LogP contribution is -2.35. The van der Waals surface area contributed by atoms with Crippen LogP contribution in [-0.2, 0) is 9.59 Å². The molecule has 0 saturated heterocycles. The first kappa shape index (κ1) is 19.7. The fourth-order valence-corrected chi connectivity index (χ4v) is 2.69. The topological polar surface area (TPSA) is 87.3 Å². The van der Waals surface area contributed by atoms with Crippen molar-refractivity contribution in [2.24, 2.45) is 0 Å². The number of amides is 3. The van der Waals surface area contributed by atoms with Crippen LogP contribution in [0.4, 0.5) is 5.69 Å². The molecule has 0 aliphatic carbocycles. The molecule has 0 fully saturated rings. The molecule has 0 radical (unpaired) electrons. The van der Waals surface area contributed by atoms with Crippen LogP contribution in [0.25, 0.3) is 0 Å². The van der Waals surface area contributed by atoms with Gasteiger partial charge in [0.1, 0.15) is 0 Å². The van der Waals surface area contributed by atoms with Crippen molar-refractivity contribution in [2.45, 2.75) is 13.3 Å². The third-order valence-corrected chi connectivity index (χ3v) is 4.08. The van der Waals surface area contributed by atoms with E-state index in [9.17, 15) is 14.4 Å². The van der Waals surface area contributed by atoms with Gasteiger partial charge in [-0.05, 0) is 42.8 Å². The highest BCUT2D eigenvalue weighted by molar-refractivity contribution is 9.10.